The van der Waals surface area contributed by atoms with Crippen molar-refractivity contribution in [3.8, 4) is 0 Å². The van der Waals surface area contributed by atoms with Crippen molar-refractivity contribution in [2.75, 3.05) is 25.0 Å². The number of fused-ring (bicyclic) bond motifs is 1. The number of aryl methyl sites for hydroxylation is 2. The fourth-order valence-electron chi connectivity index (χ4n) is 3.80. The maximum absolute atomic E-state index is 11.4. The summed E-state index contributed by atoms with van der Waals surface area (Å²) in [6, 6.07) is 6.70. The number of benzene rings is 1. The standard InChI is InChI=1S/C21H27N5O2S2/c1-14-15(2)29-21-19(14)20(24-18(25-21)13-26-11-3-4-12-26)23-10-9-16-5-7-17(8-6-16)30(22,27)28/h5-8H,3-4,9-13H2,1-2H3,(H2,22,27,28)(H,23,24,25). The molecule has 1 aromatic carbocycles. The number of rotatable bonds is 7. The first-order valence-electron chi connectivity index (χ1n) is 10.2. The summed E-state index contributed by atoms with van der Waals surface area (Å²) < 4.78 is 22.8. The van der Waals surface area contributed by atoms with E-state index in [-0.39, 0.29) is 4.90 Å². The molecule has 0 saturated carbocycles. The molecule has 3 heterocycles. The smallest absolute Gasteiger partial charge is 0.238 e. The number of anilines is 1. The topological polar surface area (TPSA) is 101 Å². The molecule has 0 spiro atoms. The van der Waals surface area contributed by atoms with Crippen molar-refractivity contribution in [2.24, 2.45) is 5.14 Å². The highest BCUT2D eigenvalue weighted by molar-refractivity contribution is 7.89. The van der Waals surface area contributed by atoms with Gasteiger partial charge in [0.05, 0.1) is 16.8 Å². The van der Waals surface area contributed by atoms with E-state index in [0.717, 1.165) is 53.5 Å². The number of nitrogens with two attached hydrogens (primary N) is 1. The summed E-state index contributed by atoms with van der Waals surface area (Å²) in [7, 11) is -3.66. The third-order valence-corrected chi connectivity index (χ3v) is 7.63. The zero-order chi connectivity index (χ0) is 21.3. The first-order chi connectivity index (χ1) is 14.3. The second-order valence-electron chi connectivity index (χ2n) is 7.80. The Hall–Kier alpha value is -2.07. The molecule has 0 radical (unpaired) electrons. The third-order valence-electron chi connectivity index (χ3n) is 5.60. The molecule has 3 aromatic rings. The normalized spacial score (nSPS) is 15.2. The van der Waals surface area contributed by atoms with Crippen LogP contribution in [0.4, 0.5) is 5.82 Å². The van der Waals surface area contributed by atoms with Gasteiger partial charge >= 0.3 is 0 Å². The molecule has 1 aliphatic rings. The van der Waals surface area contributed by atoms with E-state index in [4.69, 9.17) is 15.1 Å². The second kappa shape index (κ2) is 8.58. The first kappa shape index (κ1) is 21.2. The molecule has 0 bridgehead atoms. The molecule has 4 rings (SSSR count). The number of primary sulfonamides is 1. The fourth-order valence-corrected chi connectivity index (χ4v) is 5.37. The maximum Gasteiger partial charge on any atom is 0.238 e. The van der Waals surface area contributed by atoms with Gasteiger partial charge < -0.3 is 5.32 Å². The van der Waals surface area contributed by atoms with Gasteiger partial charge in [0.2, 0.25) is 10.0 Å². The summed E-state index contributed by atoms with van der Waals surface area (Å²) >= 11 is 1.72. The molecule has 0 atom stereocenters. The Bertz CT molecular complexity index is 1150. The summed E-state index contributed by atoms with van der Waals surface area (Å²) in [5, 5.41) is 9.77. The molecule has 0 unspecified atom stereocenters. The minimum absolute atomic E-state index is 0.132. The van der Waals surface area contributed by atoms with Gasteiger partial charge in [-0.1, -0.05) is 12.1 Å². The zero-order valence-electron chi connectivity index (χ0n) is 17.3. The van der Waals surface area contributed by atoms with Gasteiger partial charge in [-0.05, 0) is 69.5 Å². The molecule has 1 aliphatic heterocycles. The average molecular weight is 446 g/mol. The lowest BCUT2D eigenvalue weighted by Crippen LogP contribution is -2.20. The monoisotopic (exact) mass is 445 g/mol. The maximum atomic E-state index is 11.4. The number of aromatic nitrogens is 2. The van der Waals surface area contributed by atoms with Crippen LogP contribution in [-0.2, 0) is 23.0 Å². The molecular weight excluding hydrogens is 418 g/mol. The summed E-state index contributed by atoms with van der Waals surface area (Å²) in [5.74, 6) is 1.75. The lowest BCUT2D eigenvalue weighted by Gasteiger charge is -2.15. The van der Waals surface area contributed by atoms with E-state index in [9.17, 15) is 8.42 Å². The number of thiophene rings is 1. The molecule has 1 fully saturated rings. The molecule has 1 saturated heterocycles. The van der Waals surface area contributed by atoms with Crippen LogP contribution in [0.5, 0.6) is 0 Å². The van der Waals surface area contributed by atoms with E-state index < -0.39 is 10.0 Å². The molecule has 9 heteroatoms. The molecule has 160 valence electrons. The zero-order valence-corrected chi connectivity index (χ0v) is 18.9. The van der Waals surface area contributed by atoms with Crippen molar-refractivity contribution >= 4 is 37.4 Å². The summed E-state index contributed by atoms with van der Waals surface area (Å²) in [5.41, 5.74) is 2.26. The Morgan fingerprint density at radius 1 is 1.13 bits per heavy atom. The van der Waals surface area contributed by atoms with E-state index >= 15 is 0 Å². The van der Waals surface area contributed by atoms with Crippen LogP contribution >= 0.6 is 11.3 Å². The lowest BCUT2D eigenvalue weighted by molar-refractivity contribution is 0.323. The van der Waals surface area contributed by atoms with Crippen molar-refractivity contribution in [1.82, 2.24) is 14.9 Å². The molecule has 7 nitrogen and oxygen atoms in total. The van der Waals surface area contributed by atoms with Crippen LogP contribution < -0.4 is 10.5 Å². The van der Waals surface area contributed by atoms with Crippen molar-refractivity contribution in [2.45, 2.75) is 44.6 Å². The summed E-state index contributed by atoms with van der Waals surface area (Å²) in [4.78, 5) is 14.5. The van der Waals surface area contributed by atoms with Gasteiger partial charge in [0.1, 0.15) is 16.5 Å². The average Bonchev–Trinajstić information content (AvgIpc) is 3.29. The summed E-state index contributed by atoms with van der Waals surface area (Å²) in [6.45, 7) is 7.95. The van der Waals surface area contributed by atoms with Crippen molar-refractivity contribution in [3.05, 3.63) is 46.1 Å². The van der Waals surface area contributed by atoms with Crippen molar-refractivity contribution in [1.29, 1.82) is 0 Å². The van der Waals surface area contributed by atoms with Gasteiger partial charge in [-0.2, -0.15) is 0 Å². The Kier molecular flexibility index (Phi) is 6.06. The number of likely N-dealkylation sites (tertiary alicyclic amines) is 1. The predicted molar refractivity (Wildman–Crippen MR) is 121 cm³/mol. The Labute approximate surface area is 181 Å². The first-order valence-corrected chi connectivity index (χ1v) is 12.5. The SMILES string of the molecule is Cc1sc2nc(CN3CCCC3)nc(NCCc3ccc(S(N)(=O)=O)cc3)c2c1C. The Balaban J connectivity index is 1.52. The Morgan fingerprint density at radius 3 is 2.50 bits per heavy atom. The van der Waals surface area contributed by atoms with Gasteiger partial charge in [0.25, 0.3) is 0 Å². The highest BCUT2D eigenvalue weighted by atomic mass is 32.2. The van der Waals surface area contributed by atoms with Crippen molar-refractivity contribution in [3.63, 3.8) is 0 Å². The third kappa shape index (κ3) is 4.64. The molecule has 30 heavy (non-hydrogen) atoms. The summed E-state index contributed by atoms with van der Waals surface area (Å²) in [6.07, 6.45) is 3.24. The second-order valence-corrected chi connectivity index (χ2v) is 10.6. The lowest BCUT2D eigenvalue weighted by atomic mass is 10.1. The minimum Gasteiger partial charge on any atom is -0.369 e. The van der Waals surface area contributed by atoms with E-state index in [0.29, 0.717) is 6.54 Å². The van der Waals surface area contributed by atoms with Gasteiger partial charge in [-0.15, -0.1) is 11.3 Å². The number of nitrogens with one attached hydrogen (secondary N) is 1. The van der Waals surface area contributed by atoms with Gasteiger partial charge in [-0.25, -0.2) is 23.5 Å². The van der Waals surface area contributed by atoms with Crippen LogP contribution in [0.1, 0.15) is 34.7 Å². The van der Waals surface area contributed by atoms with E-state index in [1.165, 1.54) is 23.3 Å². The van der Waals surface area contributed by atoms with Crippen LogP contribution in [0.2, 0.25) is 0 Å². The Morgan fingerprint density at radius 2 is 1.83 bits per heavy atom. The molecular formula is C21H27N5O2S2. The van der Waals surface area contributed by atoms with Crippen LogP contribution in [-0.4, -0.2) is 42.9 Å². The number of hydrogen-bond acceptors (Lipinski definition) is 7. The van der Waals surface area contributed by atoms with Gasteiger partial charge in [0.15, 0.2) is 0 Å². The van der Waals surface area contributed by atoms with Crippen molar-refractivity contribution < 1.29 is 8.42 Å². The highest BCUT2D eigenvalue weighted by Crippen LogP contribution is 2.33. The van der Waals surface area contributed by atoms with Crippen LogP contribution in [0.3, 0.4) is 0 Å². The number of hydrogen-bond donors (Lipinski definition) is 2. The van der Waals surface area contributed by atoms with E-state index in [2.05, 4.69) is 24.1 Å². The molecule has 0 amide bonds. The van der Waals surface area contributed by atoms with Crippen LogP contribution in [0.25, 0.3) is 10.2 Å². The number of nitrogens with zero attached hydrogens (tertiary/aromatic N) is 3. The molecule has 2 aromatic heterocycles. The molecule has 3 N–H and O–H groups in total. The van der Waals surface area contributed by atoms with Gasteiger partial charge in [-0.3, -0.25) is 4.90 Å². The number of sulfonamides is 1. The van der Waals surface area contributed by atoms with E-state index in [1.807, 2.05) is 0 Å². The van der Waals surface area contributed by atoms with Crippen LogP contribution in [0.15, 0.2) is 29.2 Å². The quantitative estimate of drug-likeness (QED) is 0.579. The van der Waals surface area contributed by atoms with Crippen LogP contribution in [0, 0.1) is 13.8 Å². The van der Waals surface area contributed by atoms with E-state index in [1.54, 1.807) is 35.6 Å². The largest absolute Gasteiger partial charge is 0.369 e. The fraction of sp³-hybridized carbons (Fsp3) is 0.429. The predicted octanol–water partition coefficient (Wildman–Crippen LogP) is 3.21. The van der Waals surface area contributed by atoms with Gasteiger partial charge in [0, 0.05) is 11.4 Å². The molecule has 0 aliphatic carbocycles. The highest BCUT2D eigenvalue weighted by Gasteiger charge is 2.18. The minimum atomic E-state index is -3.66.